The highest BCUT2D eigenvalue weighted by Gasteiger charge is 2.35. The smallest absolute Gasteiger partial charge is 0.198 e. The number of phenols is 1. The van der Waals surface area contributed by atoms with Crippen LogP contribution in [0.4, 0.5) is 0 Å². The lowest BCUT2D eigenvalue weighted by atomic mass is 9.82. The van der Waals surface area contributed by atoms with Crippen molar-refractivity contribution in [2.24, 2.45) is 0 Å². The summed E-state index contributed by atoms with van der Waals surface area (Å²) in [5.74, 6) is -0.963. The Bertz CT molecular complexity index is 1090. The Morgan fingerprint density at radius 3 is 2.17 bits per heavy atom. The maximum absolute atomic E-state index is 12.8. The van der Waals surface area contributed by atoms with Gasteiger partial charge in [0.2, 0.25) is 0 Å². The quantitative estimate of drug-likeness (QED) is 0.540. The average Bonchev–Trinajstić information content (AvgIpc) is 2.52. The Morgan fingerprint density at radius 2 is 1.52 bits per heavy atom. The fourth-order valence-electron chi connectivity index (χ4n) is 2.99. The van der Waals surface area contributed by atoms with Gasteiger partial charge in [0.1, 0.15) is 17.1 Å². The van der Waals surface area contributed by atoms with Crippen molar-refractivity contribution < 1.29 is 19.1 Å². The third kappa shape index (κ3) is 1.70. The molecule has 1 aliphatic rings. The molecule has 5 nitrogen and oxygen atoms in total. The Kier molecular flexibility index (Phi) is 2.57. The van der Waals surface area contributed by atoms with E-state index < -0.39 is 17.3 Å². The normalized spacial score (nSPS) is 13.1. The molecule has 2 aromatic carbocycles. The predicted molar refractivity (Wildman–Crippen MR) is 82.2 cm³/mol. The van der Waals surface area contributed by atoms with Crippen LogP contribution >= 0.6 is 0 Å². The van der Waals surface area contributed by atoms with Crippen LogP contribution in [0.3, 0.4) is 0 Å². The van der Waals surface area contributed by atoms with E-state index in [0.29, 0.717) is 5.76 Å². The number of hydrogen-bond acceptors (Lipinski definition) is 5. The van der Waals surface area contributed by atoms with E-state index in [0.717, 1.165) is 0 Å². The zero-order valence-corrected chi connectivity index (χ0v) is 12.0. The van der Waals surface area contributed by atoms with Crippen LogP contribution in [0.25, 0.3) is 11.0 Å². The van der Waals surface area contributed by atoms with E-state index in [1.54, 1.807) is 25.1 Å². The van der Waals surface area contributed by atoms with Gasteiger partial charge in [0.05, 0.1) is 16.5 Å². The molecule has 0 amide bonds. The van der Waals surface area contributed by atoms with Crippen molar-refractivity contribution in [3.63, 3.8) is 0 Å². The molecule has 1 aromatic heterocycles. The van der Waals surface area contributed by atoms with E-state index in [1.165, 1.54) is 18.2 Å². The Labute approximate surface area is 129 Å². The summed E-state index contributed by atoms with van der Waals surface area (Å²) in [6.07, 6.45) is 0. The maximum Gasteiger partial charge on any atom is 0.198 e. The van der Waals surface area contributed by atoms with Crippen molar-refractivity contribution in [3.8, 4) is 5.75 Å². The van der Waals surface area contributed by atoms with E-state index in [9.17, 15) is 19.5 Å². The minimum absolute atomic E-state index is 0.0376. The summed E-state index contributed by atoms with van der Waals surface area (Å²) in [6.45, 7) is 1.59. The van der Waals surface area contributed by atoms with Crippen molar-refractivity contribution in [3.05, 3.63) is 74.6 Å². The third-order valence-electron chi connectivity index (χ3n) is 3.99. The van der Waals surface area contributed by atoms with Crippen LogP contribution in [0.5, 0.6) is 5.75 Å². The van der Waals surface area contributed by atoms with Gasteiger partial charge in [-0.2, -0.15) is 0 Å². The summed E-state index contributed by atoms with van der Waals surface area (Å²) in [4.78, 5) is 37.6. The van der Waals surface area contributed by atoms with Crippen molar-refractivity contribution in [2.75, 3.05) is 0 Å². The SMILES string of the molecule is Cc1cc(=O)c2cc(O)c3c(c2o1)C(=O)c1ccccc1C3=O. The molecular formula is C18H10O5. The Balaban J connectivity index is 2.22. The van der Waals surface area contributed by atoms with E-state index >= 15 is 0 Å². The predicted octanol–water partition coefficient (Wildman–Crippen LogP) is 2.58. The lowest BCUT2D eigenvalue weighted by molar-refractivity contribution is 0.0977. The summed E-state index contributed by atoms with van der Waals surface area (Å²) in [6, 6.07) is 8.84. The largest absolute Gasteiger partial charge is 0.507 e. The number of carbonyl (C=O) groups excluding carboxylic acids is 2. The first-order valence-electron chi connectivity index (χ1n) is 6.98. The molecule has 0 unspecified atom stereocenters. The molecule has 1 aliphatic carbocycles. The van der Waals surface area contributed by atoms with Gasteiger partial charge in [-0.1, -0.05) is 24.3 Å². The monoisotopic (exact) mass is 306 g/mol. The van der Waals surface area contributed by atoms with Crippen LogP contribution in [-0.2, 0) is 0 Å². The highest BCUT2D eigenvalue weighted by Crippen LogP contribution is 2.37. The Morgan fingerprint density at radius 1 is 0.913 bits per heavy atom. The number of carbonyl (C=O) groups is 2. The van der Waals surface area contributed by atoms with Crippen LogP contribution < -0.4 is 5.43 Å². The zero-order chi connectivity index (χ0) is 16.3. The van der Waals surface area contributed by atoms with Gasteiger partial charge in [0.25, 0.3) is 0 Å². The second-order valence-electron chi connectivity index (χ2n) is 5.45. The van der Waals surface area contributed by atoms with Gasteiger partial charge < -0.3 is 9.52 Å². The van der Waals surface area contributed by atoms with Crippen LogP contribution in [-0.4, -0.2) is 16.7 Å². The summed E-state index contributed by atoms with van der Waals surface area (Å²) in [5.41, 5.74) is -0.0354. The number of phenolic OH excluding ortho intramolecular Hbond substituents is 1. The lowest BCUT2D eigenvalue weighted by Crippen LogP contribution is -2.22. The minimum Gasteiger partial charge on any atom is -0.507 e. The highest BCUT2D eigenvalue weighted by molar-refractivity contribution is 6.32. The average molecular weight is 306 g/mol. The van der Waals surface area contributed by atoms with Gasteiger partial charge in [-0.3, -0.25) is 14.4 Å². The van der Waals surface area contributed by atoms with Crippen LogP contribution in [0, 0.1) is 6.92 Å². The molecule has 1 heterocycles. The summed E-state index contributed by atoms with van der Waals surface area (Å²) in [5, 5.41) is 10.3. The van der Waals surface area contributed by atoms with E-state index in [-0.39, 0.29) is 38.7 Å². The minimum atomic E-state index is -0.459. The second kappa shape index (κ2) is 4.39. The van der Waals surface area contributed by atoms with Gasteiger partial charge in [-0.15, -0.1) is 0 Å². The fraction of sp³-hybridized carbons (Fsp3) is 0.0556. The van der Waals surface area contributed by atoms with Crippen LogP contribution in [0.15, 0.2) is 45.6 Å². The molecule has 23 heavy (non-hydrogen) atoms. The van der Waals surface area contributed by atoms with E-state index in [2.05, 4.69) is 0 Å². The molecule has 0 saturated heterocycles. The van der Waals surface area contributed by atoms with Crippen LogP contribution in [0.2, 0.25) is 0 Å². The molecular weight excluding hydrogens is 296 g/mol. The first-order valence-corrected chi connectivity index (χ1v) is 6.98. The molecule has 5 heteroatoms. The number of ketones is 2. The number of hydrogen-bond donors (Lipinski definition) is 1. The molecule has 0 aliphatic heterocycles. The van der Waals surface area contributed by atoms with Crippen molar-refractivity contribution in [2.45, 2.75) is 6.92 Å². The number of fused-ring (bicyclic) bond motifs is 4. The van der Waals surface area contributed by atoms with E-state index in [4.69, 9.17) is 4.42 Å². The number of aromatic hydroxyl groups is 1. The second-order valence-corrected chi connectivity index (χ2v) is 5.45. The van der Waals surface area contributed by atoms with Crippen molar-refractivity contribution >= 4 is 22.5 Å². The van der Waals surface area contributed by atoms with Gasteiger partial charge in [-0.25, -0.2) is 0 Å². The number of rotatable bonds is 0. The topological polar surface area (TPSA) is 84.6 Å². The summed E-state index contributed by atoms with van der Waals surface area (Å²) < 4.78 is 5.55. The molecule has 0 fully saturated rings. The lowest BCUT2D eigenvalue weighted by Gasteiger charge is -2.19. The maximum atomic E-state index is 12.8. The van der Waals surface area contributed by atoms with Crippen LogP contribution in [0.1, 0.15) is 37.6 Å². The molecule has 0 radical (unpaired) electrons. The number of benzene rings is 2. The Hall–Kier alpha value is -3.21. The standard InChI is InChI=1S/C18H10O5/c1-8-6-12(19)11-7-13(20)14-15(18(11)23-8)17(22)10-5-3-2-4-9(10)16(14)21/h2-7,20H,1H3. The summed E-state index contributed by atoms with van der Waals surface area (Å²) >= 11 is 0. The molecule has 0 saturated carbocycles. The number of aryl methyl sites for hydroxylation is 1. The van der Waals surface area contributed by atoms with Gasteiger partial charge in [0, 0.05) is 17.2 Å². The van der Waals surface area contributed by atoms with Crippen molar-refractivity contribution in [1.82, 2.24) is 0 Å². The molecule has 1 N–H and O–H groups in total. The zero-order valence-electron chi connectivity index (χ0n) is 12.0. The first-order chi connectivity index (χ1) is 11.0. The molecule has 112 valence electrons. The molecule has 4 rings (SSSR count). The van der Waals surface area contributed by atoms with Gasteiger partial charge in [0.15, 0.2) is 17.0 Å². The van der Waals surface area contributed by atoms with Gasteiger partial charge >= 0.3 is 0 Å². The first kappa shape index (κ1) is 13.5. The summed E-state index contributed by atoms with van der Waals surface area (Å²) in [7, 11) is 0. The third-order valence-corrected chi connectivity index (χ3v) is 3.99. The van der Waals surface area contributed by atoms with Gasteiger partial charge in [-0.05, 0) is 13.0 Å². The molecule has 0 atom stereocenters. The fourth-order valence-corrected chi connectivity index (χ4v) is 2.99. The molecule has 3 aromatic rings. The van der Waals surface area contributed by atoms with Crippen molar-refractivity contribution in [1.29, 1.82) is 0 Å². The van der Waals surface area contributed by atoms with E-state index in [1.807, 2.05) is 0 Å². The molecule has 0 spiro atoms. The highest BCUT2D eigenvalue weighted by atomic mass is 16.3. The molecule has 0 bridgehead atoms.